The Balaban J connectivity index is 2.59. The van der Waals surface area contributed by atoms with Crippen LogP contribution in [-0.2, 0) is 0 Å². The molecule has 0 aliphatic heterocycles. The summed E-state index contributed by atoms with van der Waals surface area (Å²) in [5.41, 5.74) is 0. The third-order valence-electron chi connectivity index (χ3n) is 2.81. The van der Waals surface area contributed by atoms with E-state index in [2.05, 4.69) is 45.1 Å². The lowest BCUT2D eigenvalue weighted by atomic mass is 9.77. The molecule has 0 heterocycles. The van der Waals surface area contributed by atoms with Gasteiger partial charge in [0.15, 0.2) is 0 Å². The van der Waals surface area contributed by atoms with E-state index >= 15 is 0 Å². The van der Waals surface area contributed by atoms with Gasteiger partial charge in [0.05, 0.1) is 0 Å². The highest BCUT2D eigenvalue weighted by atomic mass is 14.3. The van der Waals surface area contributed by atoms with E-state index in [-0.39, 0.29) is 0 Å². The van der Waals surface area contributed by atoms with E-state index in [9.17, 15) is 0 Å². The first-order chi connectivity index (χ1) is 5.75. The van der Waals surface area contributed by atoms with Crippen LogP contribution in [-0.4, -0.2) is 0 Å². The molecule has 1 rings (SSSR count). The topological polar surface area (TPSA) is 0 Å². The fourth-order valence-corrected chi connectivity index (χ4v) is 1.97. The van der Waals surface area contributed by atoms with Crippen molar-refractivity contribution in [3.05, 3.63) is 24.3 Å². The van der Waals surface area contributed by atoms with Crippen molar-refractivity contribution in [2.75, 3.05) is 0 Å². The van der Waals surface area contributed by atoms with E-state index in [1.165, 1.54) is 12.8 Å². The smallest absolute Gasteiger partial charge is 0.0144 e. The molecule has 0 fully saturated rings. The van der Waals surface area contributed by atoms with Crippen molar-refractivity contribution in [3.8, 4) is 0 Å². The molecule has 3 unspecified atom stereocenters. The average molecular weight is 164 g/mol. The standard InChI is InChI=1S/C12H20/c1-4-5-9-12-10(2)7-6-8-11(12)3/h5-7,9-12H,4,8H2,1-3H3/b9-5+. The summed E-state index contributed by atoms with van der Waals surface area (Å²) in [6.07, 6.45) is 11.8. The van der Waals surface area contributed by atoms with Crippen LogP contribution in [0.2, 0.25) is 0 Å². The second-order valence-electron chi connectivity index (χ2n) is 3.91. The van der Waals surface area contributed by atoms with Crippen LogP contribution < -0.4 is 0 Å². The maximum absolute atomic E-state index is 2.40. The molecule has 0 amide bonds. The first-order valence-electron chi connectivity index (χ1n) is 5.09. The largest absolute Gasteiger partial charge is 0.0885 e. The average Bonchev–Trinajstić information content (AvgIpc) is 2.04. The summed E-state index contributed by atoms with van der Waals surface area (Å²) in [5.74, 6) is 2.33. The lowest BCUT2D eigenvalue weighted by molar-refractivity contribution is 0.343. The van der Waals surface area contributed by atoms with E-state index in [1.807, 2.05) is 0 Å². The number of hydrogen-bond donors (Lipinski definition) is 0. The number of hydrogen-bond acceptors (Lipinski definition) is 0. The van der Waals surface area contributed by atoms with Gasteiger partial charge in [0.25, 0.3) is 0 Å². The third kappa shape index (κ3) is 2.23. The van der Waals surface area contributed by atoms with Crippen molar-refractivity contribution < 1.29 is 0 Å². The molecule has 0 radical (unpaired) electrons. The van der Waals surface area contributed by atoms with Crippen LogP contribution in [0.25, 0.3) is 0 Å². The summed E-state index contributed by atoms with van der Waals surface area (Å²) < 4.78 is 0. The number of rotatable bonds is 2. The van der Waals surface area contributed by atoms with Gasteiger partial charge in [-0.05, 0) is 30.6 Å². The van der Waals surface area contributed by atoms with E-state index in [0.29, 0.717) is 0 Å². The predicted octanol–water partition coefficient (Wildman–Crippen LogP) is 3.80. The van der Waals surface area contributed by atoms with Crippen LogP contribution in [0.1, 0.15) is 33.6 Å². The Hall–Kier alpha value is -0.520. The summed E-state index contributed by atoms with van der Waals surface area (Å²) >= 11 is 0. The molecular weight excluding hydrogens is 144 g/mol. The molecule has 0 aromatic heterocycles. The summed E-state index contributed by atoms with van der Waals surface area (Å²) in [6, 6.07) is 0. The molecule has 0 N–H and O–H groups in total. The van der Waals surface area contributed by atoms with Gasteiger partial charge in [-0.25, -0.2) is 0 Å². The molecular formula is C12H20. The summed E-state index contributed by atoms with van der Waals surface area (Å²) in [6.45, 7) is 6.87. The molecule has 0 bridgehead atoms. The second-order valence-corrected chi connectivity index (χ2v) is 3.91. The zero-order valence-electron chi connectivity index (χ0n) is 8.46. The van der Waals surface area contributed by atoms with Crippen LogP contribution in [0.5, 0.6) is 0 Å². The SMILES string of the molecule is CC/C=C/C1C(C)C=CCC1C. The van der Waals surface area contributed by atoms with Gasteiger partial charge >= 0.3 is 0 Å². The molecule has 0 heteroatoms. The maximum Gasteiger partial charge on any atom is -0.0144 e. The molecule has 1 aliphatic carbocycles. The van der Waals surface area contributed by atoms with Crippen molar-refractivity contribution in [3.63, 3.8) is 0 Å². The van der Waals surface area contributed by atoms with Crippen molar-refractivity contribution in [2.45, 2.75) is 33.6 Å². The third-order valence-corrected chi connectivity index (χ3v) is 2.81. The van der Waals surface area contributed by atoms with Crippen LogP contribution in [0.3, 0.4) is 0 Å². The van der Waals surface area contributed by atoms with Crippen LogP contribution >= 0.6 is 0 Å². The second kappa shape index (κ2) is 4.49. The zero-order chi connectivity index (χ0) is 8.97. The molecule has 3 atom stereocenters. The van der Waals surface area contributed by atoms with Gasteiger partial charge in [-0.15, -0.1) is 0 Å². The van der Waals surface area contributed by atoms with Crippen LogP contribution in [0.4, 0.5) is 0 Å². The molecule has 0 nitrogen and oxygen atoms in total. The molecule has 0 spiro atoms. The van der Waals surface area contributed by atoms with Crippen molar-refractivity contribution >= 4 is 0 Å². The van der Waals surface area contributed by atoms with E-state index < -0.39 is 0 Å². The van der Waals surface area contributed by atoms with E-state index in [1.54, 1.807) is 0 Å². The van der Waals surface area contributed by atoms with Gasteiger partial charge in [-0.2, -0.15) is 0 Å². The lowest BCUT2D eigenvalue weighted by Crippen LogP contribution is -2.19. The van der Waals surface area contributed by atoms with Crippen LogP contribution in [0, 0.1) is 17.8 Å². The van der Waals surface area contributed by atoms with Gasteiger partial charge in [0.2, 0.25) is 0 Å². The van der Waals surface area contributed by atoms with Gasteiger partial charge in [0, 0.05) is 0 Å². The minimum atomic E-state index is 0.733. The van der Waals surface area contributed by atoms with Gasteiger partial charge in [-0.1, -0.05) is 45.1 Å². The molecule has 0 saturated heterocycles. The fraction of sp³-hybridized carbons (Fsp3) is 0.667. The minimum absolute atomic E-state index is 0.733. The summed E-state index contributed by atoms with van der Waals surface area (Å²) in [7, 11) is 0. The normalized spacial score (nSPS) is 36.1. The number of allylic oxidation sites excluding steroid dienone is 4. The highest BCUT2D eigenvalue weighted by Crippen LogP contribution is 2.30. The zero-order valence-corrected chi connectivity index (χ0v) is 8.46. The molecule has 12 heavy (non-hydrogen) atoms. The monoisotopic (exact) mass is 164 g/mol. The van der Waals surface area contributed by atoms with Crippen molar-refractivity contribution in [2.24, 2.45) is 17.8 Å². The quantitative estimate of drug-likeness (QED) is 0.544. The Morgan fingerprint density at radius 3 is 2.75 bits per heavy atom. The van der Waals surface area contributed by atoms with Crippen molar-refractivity contribution in [1.82, 2.24) is 0 Å². The molecule has 0 saturated carbocycles. The maximum atomic E-state index is 2.40. The Morgan fingerprint density at radius 1 is 1.42 bits per heavy atom. The van der Waals surface area contributed by atoms with Crippen LogP contribution in [0.15, 0.2) is 24.3 Å². The Bertz CT molecular complexity index is 176. The van der Waals surface area contributed by atoms with Gasteiger partial charge in [0.1, 0.15) is 0 Å². The molecule has 1 aliphatic rings. The molecule has 0 aromatic carbocycles. The first kappa shape index (κ1) is 9.57. The molecule has 68 valence electrons. The Labute approximate surface area is 76.4 Å². The lowest BCUT2D eigenvalue weighted by Gasteiger charge is -2.28. The summed E-state index contributed by atoms with van der Waals surface area (Å²) in [4.78, 5) is 0. The first-order valence-corrected chi connectivity index (χ1v) is 5.09. The van der Waals surface area contributed by atoms with E-state index in [4.69, 9.17) is 0 Å². The minimum Gasteiger partial charge on any atom is -0.0885 e. The Kier molecular flexibility index (Phi) is 3.58. The highest BCUT2D eigenvalue weighted by Gasteiger charge is 2.21. The molecule has 0 aromatic rings. The Morgan fingerprint density at radius 2 is 2.17 bits per heavy atom. The summed E-state index contributed by atoms with van der Waals surface area (Å²) in [5, 5.41) is 0. The van der Waals surface area contributed by atoms with Gasteiger partial charge < -0.3 is 0 Å². The fourth-order valence-electron chi connectivity index (χ4n) is 1.97. The van der Waals surface area contributed by atoms with E-state index in [0.717, 1.165) is 17.8 Å². The van der Waals surface area contributed by atoms with Gasteiger partial charge in [-0.3, -0.25) is 0 Å². The highest BCUT2D eigenvalue weighted by molar-refractivity contribution is 5.04. The van der Waals surface area contributed by atoms with Crippen molar-refractivity contribution in [1.29, 1.82) is 0 Å². The predicted molar refractivity (Wildman–Crippen MR) is 55.0 cm³/mol.